The van der Waals surface area contributed by atoms with Gasteiger partial charge in [-0.25, -0.2) is 0 Å². The Bertz CT molecular complexity index is 113. The number of rotatable bonds is 8. The Labute approximate surface area is 82.8 Å². The average Bonchev–Trinajstić information content (AvgIpc) is 2.15. The standard InChI is InChI=1S/C9H22O3Si/c1-5-9-12-13(8-4,10-6-2)11-7-3/h5-9H2,1-4H3. The minimum absolute atomic E-state index is 0.670. The fourth-order valence-corrected chi connectivity index (χ4v) is 3.39. The number of hydrogen-bond donors (Lipinski definition) is 0. The highest BCUT2D eigenvalue weighted by Crippen LogP contribution is 2.15. The van der Waals surface area contributed by atoms with Gasteiger partial charge in [0.15, 0.2) is 0 Å². The summed E-state index contributed by atoms with van der Waals surface area (Å²) in [6.07, 6.45) is 1.01. The predicted octanol–water partition coefficient (Wildman–Crippen LogP) is 2.44. The highest BCUT2D eigenvalue weighted by molar-refractivity contribution is 6.60. The van der Waals surface area contributed by atoms with Gasteiger partial charge in [-0.3, -0.25) is 0 Å². The van der Waals surface area contributed by atoms with Crippen LogP contribution in [0, 0.1) is 0 Å². The summed E-state index contributed by atoms with van der Waals surface area (Å²) >= 11 is 0. The fourth-order valence-electron chi connectivity index (χ4n) is 1.13. The molecule has 0 spiro atoms. The third-order valence-electron chi connectivity index (χ3n) is 1.69. The highest BCUT2D eigenvalue weighted by Gasteiger charge is 2.37. The zero-order valence-corrected chi connectivity index (χ0v) is 10.3. The Morgan fingerprint density at radius 2 is 1.38 bits per heavy atom. The van der Waals surface area contributed by atoms with E-state index in [1.54, 1.807) is 0 Å². The molecular weight excluding hydrogens is 184 g/mol. The van der Waals surface area contributed by atoms with Crippen LogP contribution in [0.3, 0.4) is 0 Å². The van der Waals surface area contributed by atoms with Crippen molar-refractivity contribution >= 4 is 8.80 Å². The first kappa shape index (κ1) is 13.1. The summed E-state index contributed by atoms with van der Waals surface area (Å²) in [5, 5.41) is 0. The second-order valence-corrected chi connectivity index (χ2v) is 5.69. The molecule has 13 heavy (non-hydrogen) atoms. The molecule has 0 unspecified atom stereocenters. The third kappa shape index (κ3) is 4.76. The molecular formula is C9H22O3Si. The van der Waals surface area contributed by atoms with Gasteiger partial charge in [-0.15, -0.1) is 0 Å². The van der Waals surface area contributed by atoms with Gasteiger partial charge < -0.3 is 13.3 Å². The van der Waals surface area contributed by atoms with Gasteiger partial charge in [-0.1, -0.05) is 13.8 Å². The molecule has 0 aliphatic heterocycles. The van der Waals surface area contributed by atoms with Crippen LogP contribution in [0.5, 0.6) is 0 Å². The van der Waals surface area contributed by atoms with Gasteiger partial charge >= 0.3 is 8.80 Å². The summed E-state index contributed by atoms with van der Waals surface area (Å²) in [5.41, 5.74) is 0. The van der Waals surface area contributed by atoms with Crippen molar-refractivity contribution in [2.24, 2.45) is 0 Å². The third-order valence-corrected chi connectivity index (χ3v) is 4.65. The summed E-state index contributed by atoms with van der Waals surface area (Å²) in [5.74, 6) is 0. The lowest BCUT2D eigenvalue weighted by Crippen LogP contribution is -2.45. The monoisotopic (exact) mass is 206 g/mol. The maximum absolute atomic E-state index is 5.70. The maximum Gasteiger partial charge on any atom is 0.500 e. The molecule has 0 heterocycles. The molecule has 0 aliphatic carbocycles. The minimum Gasteiger partial charge on any atom is -0.374 e. The first-order valence-electron chi connectivity index (χ1n) is 5.16. The molecule has 0 fully saturated rings. The van der Waals surface area contributed by atoms with Gasteiger partial charge in [-0.2, -0.15) is 0 Å². The molecule has 80 valence electrons. The van der Waals surface area contributed by atoms with Gasteiger partial charge in [0.05, 0.1) is 0 Å². The van der Waals surface area contributed by atoms with Gasteiger partial charge in [0.1, 0.15) is 0 Å². The van der Waals surface area contributed by atoms with Crippen molar-refractivity contribution in [3.05, 3.63) is 0 Å². The second-order valence-electron chi connectivity index (χ2n) is 2.75. The Hall–Kier alpha value is 0.0969. The topological polar surface area (TPSA) is 27.7 Å². The van der Waals surface area contributed by atoms with E-state index in [4.69, 9.17) is 13.3 Å². The van der Waals surface area contributed by atoms with Crippen LogP contribution in [0.4, 0.5) is 0 Å². The van der Waals surface area contributed by atoms with Crippen molar-refractivity contribution < 1.29 is 13.3 Å². The molecule has 4 heteroatoms. The lowest BCUT2D eigenvalue weighted by atomic mass is 10.5. The van der Waals surface area contributed by atoms with E-state index in [-0.39, 0.29) is 0 Å². The minimum atomic E-state index is -2.29. The fraction of sp³-hybridized carbons (Fsp3) is 1.00. The van der Waals surface area contributed by atoms with Crippen LogP contribution in [-0.4, -0.2) is 28.6 Å². The number of hydrogen-bond acceptors (Lipinski definition) is 3. The Kier molecular flexibility index (Phi) is 7.55. The molecule has 0 aliphatic rings. The summed E-state index contributed by atoms with van der Waals surface area (Å²) in [6, 6.07) is 0.856. The van der Waals surface area contributed by atoms with Crippen molar-refractivity contribution in [2.45, 2.75) is 40.2 Å². The van der Waals surface area contributed by atoms with Crippen LogP contribution in [0.2, 0.25) is 6.04 Å². The van der Waals surface area contributed by atoms with E-state index in [1.807, 2.05) is 13.8 Å². The lowest BCUT2D eigenvalue weighted by molar-refractivity contribution is 0.0683. The summed E-state index contributed by atoms with van der Waals surface area (Å²) in [7, 11) is -2.29. The molecule has 3 nitrogen and oxygen atoms in total. The van der Waals surface area contributed by atoms with E-state index in [9.17, 15) is 0 Å². The van der Waals surface area contributed by atoms with Crippen molar-refractivity contribution in [3.8, 4) is 0 Å². The zero-order chi connectivity index (χ0) is 10.2. The largest absolute Gasteiger partial charge is 0.500 e. The normalized spacial score (nSPS) is 12.0. The maximum atomic E-state index is 5.70. The average molecular weight is 206 g/mol. The zero-order valence-electron chi connectivity index (χ0n) is 9.26. The van der Waals surface area contributed by atoms with E-state index >= 15 is 0 Å². The molecule has 0 atom stereocenters. The van der Waals surface area contributed by atoms with Gasteiger partial charge in [0, 0.05) is 25.9 Å². The van der Waals surface area contributed by atoms with Crippen LogP contribution in [0.25, 0.3) is 0 Å². The summed E-state index contributed by atoms with van der Waals surface area (Å²) < 4.78 is 16.9. The van der Waals surface area contributed by atoms with E-state index in [1.165, 1.54) is 0 Å². The van der Waals surface area contributed by atoms with Crippen molar-refractivity contribution in [1.29, 1.82) is 0 Å². The van der Waals surface area contributed by atoms with Crippen LogP contribution in [0.15, 0.2) is 0 Å². The Morgan fingerprint density at radius 1 is 0.846 bits per heavy atom. The molecule has 0 bridgehead atoms. The van der Waals surface area contributed by atoms with E-state index in [0.717, 1.165) is 19.1 Å². The van der Waals surface area contributed by atoms with Crippen molar-refractivity contribution in [1.82, 2.24) is 0 Å². The van der Waals surface area contributed by atoms with Crippen molar-refractivity contribution in [3.63, 3.8) is 0 Å². The molecule has 0 N–H and O–H groups in total. The van der Waals surface area contributed by atoms with Gasteiger partial charge in [0.25, 0.3) is 0 Å². The predicted molar refractivity (Wildman–Crippen MR) is 55.7 cm³/mol. The Balaban J connectivity index is 4.07. The smallest absolute Gasteiger partial charge is 0.374 e. The Morgan fingerprint density at radius 3 is 1.69 bits per heavy atom. The summed E-state index contributed by atoms with van der Waals surface area (Å²) in [6.45, 7) is 10.2. The molecule has 0 aromatic carbocycles. The molecule has 0 radical (unpaired) electrons. The first-order valence-corrected chi connectivity index (χ1v) is 7.09. The molecule has 0 amide bonds. The molecule has 0 saturated carbocycles. The van der Waals surface area contributed by atoms with Gasteiger partial charge in [-0.05, 0) is 20.3 Å². The molecule has 0 aromatic rings. The van der Waals surface area contributed by atoms with E-state index < -0.39 is 8.80 Å². The first-order chi connectivity index (χ1) is 6.24. The van der Waals surface area contributed by atoms with Crippen molar-refractivity contribution in [2.75, 3.05) is 19.8 Å². The molecule has 0 saturated heterocycles. The van der Waals surface area contributed by atoms with E-state index in [0.29, 0.717) is 13.2 Å². The summed E-state index contributed by atoms with van der Waals surface area (Å²) in [4.78, 5) is 0. The quantitative estimate of drug-likeness (QED) is 0.571. The van der Waals surface area contributed by atoms with Gasteiger partial charge in [0.2, 0.25) is 0 Å². The highest BCUT2D eigenvalue weighted by atomic mass is 28.4. The van der Waals surface area contributed by atoms with Crippen LogP contribution < -0.4 is 0 Å². The molecule has 0 aromatic heterocycles. The van der Waals surface area contributed by atoms with Crippen LogP contribution in [-0.2, 0) is 13.3 Å². The SMILES string of the molecule is CCCO[Si](CC)(OCC)OCC. The second kappa shape index (κ2) is 7.50. The van der Waals surface area contributed by atoms with E-state index in [2.05, 4.69) is 13.8 Å². The van der Waals surface area contributed by atoms with Crippen LogP contribution in [0.1, 0.15) is 34.1 Å². The van der Waals surface area contributed by atoms with Crippen LogP contribution >= 0.6 is 0 Å². The lowest BCUT2D eigenvalue weighted by Gasteiger charge is -2.27. The molecule has 0 rings (SSSR count).